The average molecular weight is 437 g/mol. The molecule has 3 aromatic rings. The summed E-state index contributed by atoms with van der Waals surface area (Å²) >= 11 is 5.95. The number of rotatable bonds is 6. The highest BCUT2D eigenvalue weighted by atomic mass is 35.5. The van der Waals surface area contributed by atoms with Crippen molar-refractivity contribution in [1.29, 1.82) is 0 Å². The minimum Gasteiger partial charge on any atom is -0.454 e. The fraction of sp³-hybridized carbons (Fsp3) is 0.263. The van der Waals surface area contributed by atoms with E-state index in [0.29, 0.717) is 17.9 Å². The third kappa shape index (κ3) is 3.93. The van der Waals surface area contributed by atoms with Crippen LogP contribution >= 0.6 is 11.6 Å². The summed E-state index contributed by atoms with van der Waals surface area (Å²) in [6.07, 6.45) is 0. The molecular formula is C19H21ClN4O4S. The van der Waals surface area contributed by atoms with Crippen molar-refractivity contribution in [3.63, 3.8) is 0 Å². The van der Waals surface area contributed by atoms with Crippen molar-refractivity contribution < 1.29 is 17.9 Å². The number of aromatic nitrogens is 2. The summed E-state index contributed by atoms with van der Waals surface area (Å²) in [6.45, 7) is 2.40. The summed E-state index contributed by atoms with van der Waals surface area (Å²) in [4.78, 5) is 17.0. The third-order valence-electron chi connectivity index (χ3n) is 4.50. The van der Waals surface area contributed by atoms with E-state index in [2.05, 4.69) is 4.98 Å². The number of para-hydroxylation sites is 1. The molecule has 1 aromatic heterocycles. The van der Waals surface area contributed by atoms with Gasteiger partial charge in [-0.15, -0.1) is 0 Å². The number of carbonyl (C=O) groups is 1. The molecule has 1 heterocycles. The van der Waals surface area contributed by atoms with Gasteiger partial charge in [0.25, 0.3) is 0 Å². The van der Waals surface area contributed by atoms with E-state index < -0.39 is 16.0 Å². The number of sulfonamides is 1. The van der Waals surface area contributed by atoms with Crippen LogP contribution in [0.2, 0.25) is 5.02 Å². The molecule has 154 valence electrons. The van der Waals surface area contributed by atoms with E-state index in [-0.39, 0.29) is 27.8 Å². The van der Waals surface area contributed by atoms with Crippen LogP contribution < -0.4 is 5.73 Å². The van der Waals surface area contributed by atoms with E-state index in [1.807, 2.05) is 11.5 Å². The van der Waals surface area contributed by atoms with Crippen molar-refractivity contribution in [3.05, 3.63) is 52.8 Å². The van der Waals surface area contributed by atoms with Gasteiger partial charge in [0.05, 0.1) is 32.2 Å². The fourth-order valence-corrected chi connectivity index (χ4v) is 4.01. The number of carbonyl (C=O) groups excluding carboxylic acids is 1. The second-order valence-corrected chi connectivity index (χ2v) is 9.05. The number of fused-ring (bicyclic) bond motifs is 1. The summed E-state index contributed by atoms with van der Waals surface area (Å²) in [5.74, 6) is -0.119. The van der Waals surface area contributed by atoms with Crippen LogP contribution in [0.5, 0.6) is 0 Å². The van der Waals surface area contributed by atoms with Gasteiger partial charge in [0.1, 0.15) is 12.4 Å². The lowest BCUT2D eigenvalue weighted by Gasteiger charge is -2.11. The highest BCUT2D eigenvalue weighted by Crippen LogP contribution is 2.25. The molecule has 0 atom stereocenters. The Hall–Kier alpha value is -2.62. The van der Waals surface area contributed by atoms with Crippen LogP contribution in [0.4, 0.5) is 5.69 Å². The zero-order valence-corrected chi connectivity index (χ0v) is 17.8. The van der Waals surface area contributed by atoms with Crippen molar-refractivity contribution in [2.24, 2.45) is 0 Å². The Morgan fingerprint density at radius 1 is 1.28 bits per heavy atom. The average Bonchev–Trinajstić information content (AvgIpc) is 3.04. The molecule has 0 aliphatic carbocycles. The second kappa shape index (κ2) is 8.02. The molecule has 0 bridgehead atoms. The number of imidazole rings is 1. The van der Waals surface area contributed by atoms with Gasteiger partial charge in [0, 0.05) is 20.6 Å². The number of nitrogens with two attached hydrogens (primary N) is 1. The van der Waals surface area contributed by atoms with Gasteiger partial charge in [-0.1, -0.05) is 17.7 Å². The number of nitrogens with zero attached hydrogens (tertiary/aromatic N) is 3. The summed E-state index contributed by atoms with van der Waals surface area (Å²) in [6, 6.07) is 9.48. The Morgan fingerprint density at radius 3 is 2.66 bits per heavy atom. The molecule has 0 unspecified atom stereocenters. The number of aryl methyl sites for hydroxylation is 1. The van der Waals surface area contributed by atoms with Gasteiger partial charge in [-0.05, 0) is 37.3 Å². The Kier molecular flexibility index (Phi) is 5.83. The zero-order valence-electron chi connectivity index (χ0n) is 16.2. The quantitative estimate of drug-likeness (QED) is 0.470. The molecule has 0 amide bonds. The molecule has 0 fully saturated rings. The summed E-state index contributed by atoms with van der Waals surface area (Å²) in [7, 11) is -0.639. The third-order valence-corrected chi connectivity index (χ3v) is 6.64. The smallest absolute Gasteiger partial charge is 0.340 e. The molecule has 8 nitrogen and oxygen atoms in total. The summed E-state index contributed by atoms with van der Waals surface area (Å²) < 4.78 is 33.1. The van der Waals surface area contributed by atoms with Gasteiger partial charge in [0.2, 0.25) is 10.0 Å². The molecule has 0 spiro atoms. The summed E-state index contributed by atoms with van der Waals surface area (Å²) in [5.41, 5.74) is 7.42. The van der Waals surface area contributed by atoms with Crippen LogP contribution in [0.3, 0.4) is 0 Å². The minimum absolute atomic E-state index is 0.0942. The number of halogens is 1. The lowest BCUT2D eigenvalue weighted by Crippen LogP contribution is -2.22. The largest absolute Gasteiger partial charge is 0.454 e. The maximum Gasteiger partial charge on any atom is 0.340 e. The van der Waals surface area contributed by atoms with E-state index in [4.69, 9.17) is 22.1 Å². The summed E-state index contributed by atoms with van der Waals surface area (Å²) in [5, 5.41) is 0.273. The maximum atomic E-state index is 12.4. The lowest BCUT2D eigenvalue weighted by molar-refractivity contribution is 0.0460. The molecule has 0 saturated carbocycles. The van der Waals surface area contributed by atoms with E-state index in [1.165, 1.54) is 32.3 Å². The molecular weight excluding hydrogens is 416 g/mol. The lowest BCUT2D eigenvalue weighted by atomic mass is 10.2. The molecule has 3 rings (SSSR count). The van der Waals surface area contributed by atoms with Crippen molar-refractivity contribution in [1.82, 2.24) is 13.9 Å². The van der Waals surface area contributed by atoms with E-state index in [1.54, 1.807) is 18.2 Å². The van der Waals surface area contributed by atoms with Gasteiger partial charge in [-0.25, -0.2) is 22.5 Å². The van der Waals surface area contributed by atoms with Gasteiger partial charge in [0.15, 0.2) is 0 Å². The topological polar surface area (TPSA) is 108 Å². The molecule has 0 saturated heterocycles. The number of ether oxygens (including phenoxy) is 1. The van der Waals surface area contributed by atoms with Crippen molar-refractivity contribution in [3.8, 4) is 0 Å². The van der Waals surface area contributed by atoms with Gasteiger partial charge in [-0.2, -0.15) is 0 Å². The van der Waals surface area contributed by atoms with E-state index in [0.717, 1.165) is 9.82 Å². The number of hydrogen-bond donors (Lipinski definition) is 1. The first kappa shape index (κ1) is 21.1. The standard InChI is InChI=1S/C19H21ClN4O4S/c1-4-24-16-9-8-12(29(26,27)23(2)3)10-15(16)22-17(24)11-28-19(25)13-6-5-7-14(20)18(13)21/h5-10H,4,11,21H2,1-3H3. The van der Waals surface area contributed by atoms with Crippen LogP contribution in [0.15, 0.2) is 41.3 Å². The molecule has 2 aromatic carbocycles. The first-order valence-corrected chi connectivity index (χ1v) is 10.6. The highest BCUT2D eigenvalue weighted by Gasteiger charge is 2.20. The number of hydrogen-bond acceptors (Lipinski definition) is 6. The number of nitrogen functional groups attached to an aromatic ring is 1. The van der Waals surface area contributed by atoms with Gasteiger partial charge >= 0.3 is 5.97 Å². The van der Waals surface area contributed by atoms with Crippen LogP contribution in [0.1, 0.15) is 23.1 Å². The predicted molar refractivity (Wildman–Crippen MR) is 111 cm³/mol. The molecule has 29 heavy (non-hydrogen) atoms. The predicted octanol–water partition coefficient (Wildman–Crippen LogP) is 2.90. The first-order chi connectivity index (χ1) is 13.7. The Bertz CT molecular complexity index is 1190. The van der Waals surface area contributed by atoms with Crippen LogP contribution in [-0.4, -0.2) is 42.3 Å². The van der Waals surface area contributed by atoms with Crippen molar-refractivity contribution in [2.75, 3.05) is 19.8 Å². The SMILES string of the molecule is CCn1c(COC(=O)c2cccc(Cl)c2N)nc2cc(S(=O)(=O)N(C)C)ccc21. The first-order valence-electron chi connectivity index (χ1n) is 8.79. The van der Waals surface area contributed by atoms with Gasteiger partial charge < -0.3 is 15.0 Å². The second-order valence-electron chi connectivity index (χ2n) is 6.49. The van der Waals surface area contributed by atoms with Crippen LogP contribution in [-0.2, 0) is 27.9 Å². The Labute approximate surface area is 173 Å². The molecule has 10 heteroatoms. The maximum absolute atomic E-state index is 12.4. The van der Waals surface area contributed by atoms with Crippen LogP contribution in [0, 0.1) is 0 Å². The molecule has 0 radical (unpaired) electrons. The number of esters is 1. The van der Waals surface area contributed by atoms with Crippen molar-refractivity contribution in [2.45, 2.75) is 25.0 Å². The monoisotopic (exact) mass is 436 g/mol. The number of benzene rings is 2. The van der Waals surface area contributed by atoms with E-state index in [9.17, 15) is 13.2 Å². The van der Waals surface area contributed by atoms with Crippen molar-refractivity contribution >= 4 is 44.3 Å². The molecule has 0 aliphatic heterocycles. The van der Waals surface area contributed by atoms with Crippen LogP contribution in [0.25, 0.3) is 11.0 Å². The Balaban J connectivity index is 1.91. The number of anilines is 1. The molecule has 0 aliphatic rings. The highest BCUT2D eigenvalue weighted by molar-refractivity contribution is 7.89. The van der Waals surface area contributed by atoms with Gasteiger partial charge in [-0.3, -0.25) is 0 Å². The van der Waals surface area contributed by atoms with E-state index >= 15 is 0 Å². The zero-order chi connectivity index (χ0) is 21.3. The normalized spacial score (nSPS) is 11.9. The minimum atomic E-state index is -3.58. The Morgan fingerprint density at radius 2 is 2.00 bits per heavy atom. The molecule has 2 N–H and O–H groups in total. The fourth-order valence-electron chi connectivity index (χ4n) is 2.92.